The van der Waals surface area contributed by atoms with E-state index < -0.39 is 0 Å². The molecule has 192 valence electrons. The van der Waals surface area contributed by atoms with Gasteiger partial charge in [-0.2, -0.15) is 0 Å². The van der Waals surface area contributed by atoms with Crippen LogP contribution in [0.3, 0.4) is 0 Å². The van der Waals surface area contributed by atoms with Crippen LogP contribution in [0.5, 0.6) is 0 Å². The van der Waals surface area contributed by atoms with Crippen molar-refractivity contribution in [2.75, 3.05) is 39.0 Å². The Labute approximate surface area is 214 Å². The number of hydrogen-bond donors (Lipinski definition) is 1. The SMILES string of the molecule is Cc1ncc(NC(=O)CN2CC3(CCC(c4ccccc4)(N(C)C)CC3)N(CC3CCC3)C2=O)cn1. The van der Waals surface area contributed by atoms with Crippen LogP contribution in [0.4, 0.5) is 10.5 Å². The quantitative estimate of drug-likeness (QED) is 0.634. The number of carbonyl (C=O) groups excluding carboxylic acids is 2. The second kappa shape index (κ2) is 9.81. The molecule has 1 N–H and O–H groups in total. The topological polar surface area (TPSA) is 81.7 Å². The number of nitrogens with one attached hydrogen (secondary N) is 1. The van der Waals surface area contributed by atoms with Crippen LogP contribution in [0.1, 0.15) is 56.3 Å². The summed E-state index contributed by atoms with van der Waals surface area (Å²) in [6, 6.07) is 10.8. The Bertz CT molecular complexity index is 1070. The maximum Gasteiger partial charge on any atom is 0.321 e. The van der Waals surface area contributed by atoms with Crippen LogP contribution in [0.25, 0.3) is 0 Å². The van der Waals surface area contributed by atoms with Crippen molar-refractivity contribution in [3.63, 3.8) is 0 Å². The van der Waals surface area contributed by atoms with Gasteiger partial charge >= 0.3 is 6.03 Å². The number of anilines is 1. The lowest BCUT2D eigenvalue weighted by Gasteiger charge is -2.51. The Kier molecular flexibility index (Phi) is 6.72. The molecular weight excluding hydrogens is 452 g/mol. The van der Waals surface area contributed by atoms with Crippen molar-refractivity contribution in [2.45, 2.75) is 62.9 Å². The van der Waals surface area contributed by atoms with Gasteiger partial charge in [0.2, 0.25) is 5.91 Å². The fraction of sp³-hybridized carbons (Fsp3) is 0.571. The minimum absolute atomic E-state index is 0.00858. The molecule has 8 nitrogen and oxygen atoms in total. The second-order valence-corrected chi connectivity index (χ2v) is 11.1. The third kappa shape index (κ3) is 4.59. The van der Waals surface area contributed by atoms with E-state index in [1.54, 1.807) is 24.2 Å². The average molecular weight is 491 g/mol. The lowest BCUT2D eigenvalue weighted by atomic mass is 9.68. The van der Waals surface area contributed by atoms with Crippen LogP contribution in [0, 0.1) is 12.8 Å². The predicted molar refractivity (Wildman–Crippen MR) is 139 cm³/mol. The third-order valence-corrected chi connectivity index (χ3v) is 8.80. The number of benzene rings is 1. The zero-order valence-corrected chi connectivity index (χ0v) is 21.7. The molecule has 1 aromatic carbocycles. The fourth-order valence-electron chi connectivity index (χ4n) is 6.34. The van der Waals surface area contributed by atoms with Gasteiger partial charge in [0.1, 0.15) is 12.4 Å². The molecule has 3 aliphatic rings. The third-order valence-electron chi connectivity index (χ3n) is 8.80. The first-order chi connectivity index (χ1) is 17.3. The second-order valence-electron chi connectivity index (χ2n) is 11.1. The Morgan fingerprint density at radius 2 is 1.75 bits per heavy atom. The molecule has 0 radical (unpaired) electrons. The lowest BCUT2D eigenvalue weighted by Crippen LogP contribution is -2.56. The van der Waals surface area contributed by atoms with E-state index in [0.29, 0.717) is 24.0 Å². The maximum atomic E-state index is 13.7. The van der Waals surface area contributed by atoms with Crippen molar-refractivity contribution < 1.29 is 9.59 Å². The van der Waals surface area contributed by atoms with Gasteiger partial charge < -0.3 is 15.1 Å². The Hall–Kier alpha value is -3.00. The van der Waals surface area contributed by atoms with Crippen molar-refractivity contribution in [2.24, 2.45) is 5.92 Å². The highest BCUT2D eigenvalue weighted by molar-refractivity contribution is 5.94. The van der Waals surface area contributed by atoms with Crippen molar-refractivity contribution >= 4 is 17.6 Å². The van der Waals surface area contributed by atoms with E-state index in [0.717, 1.165) is 32.2 Å². The van der Waals surface area contributed by atoms with E-state index in [1.807, 2.05) is 0 Å². The van der Waals surface area contributed by atoms with E-state index in [2.05, 4.69) is 69.5 Å². The van der Waals surface area contributed by atoms with Gasteiger partial charge in [-0.05, 0) is 71.0 Å². The summed E-state index contributed by atoms with van der Waals surface area (Å²) in [7, 11) is 4.34. The Balaban J connectivity index is 1.33. The van der Waals surface area contributed by atoms with E-state index in [1.165, 1.54) is 24.8 Å². The van der Waals surface area contributed by atoms with Crippen molar-refractivity contribution in [1.29, 1.82) is 0 Å². The molecule has 0 atom stereocenters. The molecule has 36 heavy (non-hydrogen) atoms. The lowest BCUT2D eigenvalue weighted by molar-refractivity contribution is -0.116. The van der Waals surface area contributed by atoms with Gasteiger partial charge in [-0.3, -0.25) is 9.69 Å². The smallest absolute Gasteiger partial charge is 0.321 e. The molecule has 2 aromatic rings. The van der Waals surface area contributed by atoms with E-state index in [4.69, 9.17) is 0 Å². The van der Waals surface area contributed by atoms with Gasteiger partial charge in [-0.25, -0.2) is 14.8 Å². The van der Waals surface area contributed by atoms with Crippen LogP contribution in [-0.4, -0.2) is 75.9 Å². The molecule has 1 aromatic heterocycles. The molecule has 1 saturated heterocycles. The van der Waals surface area contributed by atoms with Gasteiger partial charge in [-0.1, -0.05) is 36.8 Å². The normalized spacial score (nSPS) is 26.5. The molecule has 1 aliphatic heterocycles. The Morgan fingerprint density at radius 3 is 2.33 bits per heavy atom. The van der Waals surface area contributed by atoms with E-state index >= 15 is 0 Å². The number of rotatable bonds is 7. The highest BCUT2D eigenvalue weighted by Gasteiger charge is 2.55. The highest BCUT2D eigenvalue weighted by atomic mass is 16.2. The number of amides is 3. The van der Waals surface area contributed by atoms with Crippen LogP contribution >= 0.6 is 0 Å². The van der Waals surface area contributed by atoms with Crippen LogP contribution in [0.15, 0.2) is 42.7 Å². The van der Waals surface area contributed by atoms with Crippen LogP contribution < -0.4 is 5.32 Å². The number of aryl methyl sites for hydroxylation is 1. The van der Waals surface area contributed by atoms with Gasteiger partial charge in [0.15, 0.2) is 0 Å². The highest BCUT2D eigenvalue weighted by Crippen LogP contribution is 2.49. The summed E-state index contributed by atoms with van der Waals surface area (Å²) < 4.78 is 0. The van der Waals surface area contributed by atoms with Gasteiger partial charge in [0, 0.05) is 18.6 Å². The summed E-state index contributed by atoms with van der Waals surface area (Å²) in [4.78, 5) is 41.1. The summed E-state index contributed by atoms with van der Waals surface area (Å²) in [5, 5.41) is 2.85. The van der Waals surface area contributed by atoms with Gasteiger partial charge in [-0.15, -0.1) is 0 Å². The number of aromatic nitrogens is 2. The molecular formula is C28H38N6O2. The summed E-state index contributed by atoms with van der Waals surface area (Å²) >= 11 is 0. The molecule has 1 spiro atoms. The number of carbonyl (C=O) groups is 2. The molecule has 2 saturated carbocycles. The van der Waals surface area contributed by atoms with Gasteiger partial charge in [0.25, 0.3) is 0 Å². The summed E-state index contributed by atoms with van der Waals surface area (Å²) in [6.45, 7) is 3.27. The predicted octanol–water partition coefficient (Wildman–Crippen LogP) is 4.03. The summed E-state index contributed by atoms with van der Waals surface area (Å²) in [5.74, 6) is 1.02. The Morgan fingerprint density at radius 1 is 1.08 bits per heavy atom. The summed E-state index contributed by atoms with van der Waals surface area (Å²) in [6.07, 6.45) is 10.7. The largest absolute Gasteiger partial charge is 0.322 e. The minimum atomic E-state index is -0.214. The van der Waals surface area contributed by atoms with Crippen LogP contribution in [0.2, 0.25) is 0 Å². The minimum Gasteiger partial charge on any atom is -0.322 e. The zero-order valence-electron chi connectivity index (χ0n) is 21.7. The molecule has 0 unspecified atom stereocenters. The first-order valence-corrected chi connectivity index (χ1v) is 13.2. The summed E-state index contributed by atoms with van der Waals surface area (Å²) in [5.41, 5.74) is 1.65. The molecule has 3 amide bonds. The van der Waals surface area contributed by atoms with Crippen molar-refractivity contribution in [3.8, 4) is 0 Å². The van der Waals surface area contributed by atoms with E-state index in [-0.39, 0.29) is 29.6 Å². The van der Waals surface area contributed by atoms with Gasteiger partial charge in [0.05, 0.1) is 23.6 Å². The first-order valence-electron chi connectivity index (χ1n) is 13.2. The van der Waals surface area contributed by atoms with Crippen LogP contribution in [-0.2, 0) is 10.3 Å². The molecule has 3 fully saturated rings. The van der Waals surface area contributed by atoms with Crippen molar-refractivity contribution in [3.05, 3.63) is 54.1 Å². The van der Waals surface area contributed by atoms with Crippen molar-refractivity contribution in [1.82, 2.24) is 24.7 Å². The van der Waals surface area contributed by atoms with E-state index in [9.17, 15) is 9.59 Å². The number of urea groups is 1. The fourth-order valence-corrected chi connectivity index (χ4v) is 6.34. The molecule has 2 heterocycles. The maximum absolute atomic E-state index is 13.7. The molecule has 5 rings (SSSR count). The zero-order chi connectivity index (χ0) is 25.3. The number of hydrogen-bond acceptors (Lipinski definition) is 5. The average Bonchev–Trinajstić information content (AvgIpc) is 3.08. The standard InChI is InChI=1S/C28H38N6O2/c1-21-29-16-24(17-30-21)31-25(35)19-33-20-27(34(26(33)36)18-22-8-7-9-22)12-14-28(15-13-27,32(2)3)23-10-5-4-6-11-23/h4-6,10-11,16-17,22H,7-9,12-15,18-20H2,1-3H3,(H,31,35). The molecule has 2 aliphatic carbocycles. The molecule has 0 bridgehead atoms. The number of nitrogens with zero attached hydrogens (tertiary/aromatic N) is 5. The monoisotopic (exact) mass is 490 g/mol. The molecule has 8 heteroatoms. The first kappa shape index (κ1) is 24.7.